The molecule has 1 fully saturated rings. The van der Waals surface area contributed by atoms with Crippen molar-refractivity contribution in [2.24, 2.45) is 11.7 Å². The van der Waals surface area contributed by atoms with Crippen molar-refractivity contribution in [3.8, 4) is 11.5 Å². The molecule has 0 amide bonds. The van der Waals surface area contributed by atoms with Gasteiger partial charge in [-0.15, -0.1) is 0 Å². The number of hydrogen-bond acceptors (Lipinski definition) is 4. The van der Waals surface area contributed by atoms with Crippen LogP contribution in [0, 0.1) is 5.92 Å². The molecule has 1 aromatic carbocycles. The lowest BCUT2D eigenvalue weighted by Crippen LogP contribution is -2.41. The van der Waals surface area contributed by atoms with Crippen molar-refractivity contribution in [3.63, 3.8) is 0 Å². The van der Waals surface area contributed by atoms with E-state index >= 15 is 0 Å². The number of methoxy groups -OCH3 is 2. The molecule has 21 heavy (non-hydrogen) atoms. The van der Waals surface area contributed by atoms with E-state index in [4.69, 9.17) is 15.2 Å². The lowest BCUT2D eigenvalue weighted by molar-refractivity contribution is 0.124. The van der Waals surface area contributed by atoms with Gasteiger partial charge in [-0.1, -0.05) is 13.3 Å². The number of hydrogen-bond donors (Lipinski definition) is 1. The highest BCUT2D eigenvalue weighted by Gasteiger charge is 2.26. The number of likely N-dealkylation sites (tertiary alicyclic amines) is 1. The third-order valence-corrected chi connectivity index (χ3v) is 4.55. The molecule has 1 saturated heterocycles. The van der Waals surface area contributed by atoms with Crippen molar-refractivity contribution in [1.29, 1.82) is 0 Å². The van der Waals surface area contributed by atoms with E-state index in [1.54, 1.807) is 14.2 Å². The summed E-state index contributed by atoms with van der Waals surface area (Å²) in [5.74, 6) is 2.44. The smallest absolute Gasteiger partial charge is 0.122 e. The first-order chi connectivity index (χ1) is 10.2. The Morgan fingerprint density at radius 2 is 1.90 bits per heavy atom. The Morgan fingerprint density at radius 3 is 2.43 bits per heavy atom. The first-order valence-electron chi connectivity index (χ1n) is 7.88. The van der Waals surface area contributed by atoms with E-state index in [1.165, 1.54) is 24.8 Å². The van der Waals surface area contributed by atoms with Gasteiger partial charge < -0.3 is 15.2 Å². The molecule has 2 N–H and O–H groups in total. The van der Waals surface area contributed by atoms with Crippen LogP contribution in [0.2, 0.25) is 0 Å². The van der Waals surface area contributed by atoms with E-state index < -0.39 is 0 Å². The van der Waals surface area contributed by atoms with Gasteiger partial charge in [0.15, 0.2) is 0 Å². The molecule has 2 unspecified atom stereocenters. The van der Waals surface area contributed by atoms with Gasteiger partial charge in [-0.05, 0) is 43.0 Å². The molecule has 0 bridgehead atoms. The number of benzene rings is 1. The molecule has 1 heterocycles. The molecule has 1 aliphatic rings. The first kappa shape index (κ1) is 16.1. The topological polar surface area (TPSA) is 47.7 Å². The summed E-state index contributed by atoms with van der Waals surface area (Å²) in [6, 6.07) is 6.30. The van der Waals surface area contributed by atoms with Crippen LogP contribution in [-0.4, -0.2) is 38.8 Å². The lowest BCUT2D eigenvalue weighted by atomic mass is 9.93. The highest BCUT2D eigenvalue weighted by Crippen LogP contribution is 2.32. The van der Waals surface area contributed by atoms with Crippen molar-refractivity contribution in [1.82, 2.24) is 4.90 Å². The van der Waals surface area contributed by atoms with E-state index in [1.807, 2.05) is 6.07 Å². The Kier molecular flexibility index (Phi) is 5.88. The van der Waals surface area contributed by atoms with E-state index in [9.17, 15) is 0 Å². The number of rotatable bonds is 6. The molecule has 0 aromatic heterocycles. The predicted octanol–water partition coefficient (Wildman–Crippen LogP) is 2.83. The molecule has 2 atom stereocenters. The summed E-state index contributed by atoms with van der Waals surface area (Å²) < 4.78 is 10.8. The van der Waals surface area contributed by atoms with Gasteiger partial charge in [-0.25, -0.2) is 0 Å². The fourth-order valence-electron chi connectivity index (χ4n) is 3.23. The maximum Gasteiger partial charge on any atom is 0.122 e. The van der Waals surface area contributed by atoms with Gasteiger partial charge in [-0.3, -0.25) is 4.90 Å². The van der Waals surface area contributed by atoms with Gasteiger partial charge in [0, 0.05) is 25.2 Å². The molecule has 118 valence electrons. The molecular weight excluding hydrogens is 264 g/mol. The molecule has 0 radical (unpaired) electrons. The molecule has 4 nitrogen and oxygen atoms in total. The van der Waals surface area contributed by atoms with E-state index in [0.29, 0.717) is 6.54 Å². The number of nitrogens with zero attached hydrogens (tertiary/aromatic N) is 1. The van der Waals surface area contributed by atoms with Crippen LogP contribution in [0.5, 0.6) is 11.5 Å². The average Bonchev–Trinajstić information content (AvgIpc) is 2.55. The molecule has 1 aliphatic heterocycles. The minimum atomic E-state index is 0.239. The van der Waals surface area contributed by atoms with Crippen LogP contribution in [0.25, 0.3) is 0 Å². The maximum atomic E-state index is 6.08. The van der Waals surface area contributed by atoms with Gasteiger partial charge in [0.25, 0.3) is 0 Å². The largest absolute Gasteiger partial charge is 0.497 e. The quantitative estimate of drug-likeness (QED) is 0.876. The van der Waals surface area contributed by atoms with Gasteiger partial charge in [0.05, 0.1) is 14.2 Å². The maximum absolute atomic E-state index is 6.08. The predicted molar refractivity (Wildman–Crippen MR) is 85.9 cm³/mol. The fourth-order valence-corrected chi connectivity index (χ4v) is 3.23. The van der Waals surface area contributed by atoms with E-state index in [2.05, 4.69) is 24.0 Å². The molecule has 0 aliphatic carbocycles. The first-order valence-corrected chi connectivity index (χ1v) is 7.88. The zero-order valence-corrected chi connectivity index (χ0v) is 13.5. The van der Waals surface area contributed by atoms with Crippen LogP contribution < -0.4 is 15.2 Å². The second-order valence-electron chi connectivity index (χ2n) is 5.81. The van der Waals surface area contributed by atoms with Gasteiger partial charge in [0.1, 0.15) is 11.5 Å². The van der Waals surface area contributed by atoms with Crippen LogP contribution in [-0.2, 0) is 0 Å². The Bertz CT molecular complexity index is 428. The third kappa shape index (κ3) is 3.89. The van der Waals surface area contributed by atoms with Crippen LogP contribution in [0.1, 0.15) is 37.8 Å². The second kappa shape index (κ2) is 7.66. The van der Waals surface area contributed by atoms with Crippen LogP contribution in [0.3, 0.4) is 0 Å². The minimum absolute atomic E-state index is 0.239. The summed E-state index contributed by atoms with van der Waals surface area (Å²) in [4.78, 5) is 2.52. The summed E-state index contributed by atoms with van der Waals surface area (Å²) >= 11 is 0. The molecular formula is C17H28N2O2. The Labute approximate surface area is 128 Å². The summed E-state index contributed by atoms with van der Waals surface area (Å²) in [7, 11) is 3.37. The molecule has 2 rings (SSSR count). The molecule has 0 spiro atoms. The van der Waals surface area contributed by atoms with Gasteiger partial charge in [-0.2, -0.15) is 0 Å². The summed E-state index contributed by atoms with van der Waals surface area (Å²) in [6.07, 6.45) is 3.84. The summed E-state index contributed by atoms with van der Waals surface area (Å²) in [5.41, 5.74) is 7.27. The standard InChI is InChI=1S/C17H28N2O2/c1-4-13-6-5-7-19(12-13)17(11-18)14-8-15(20-2)10-16(9-14)21-3/h8-10,13,17H,4-7,11-12,18H2,1-3H3. The Morgan fingerprint density at radius 1 is 1.24 bits per heavy atom. The van der Waals surface area contributed by atoms with Crippen molar-refractivity contribution >= 4 is 0 Å². The van der Waals surface area contributed by atoms with Crippen molar-refractivity contribution in [2.75, 3.05) is 33.9 Å². The average molecular weight is 292 g/mol. The zero-order valence-electron chi connectivity index (χ0n) is 13.5. The van der Waals surface area contributed by atoms with Crippen molar-refractivity contribution in [2.45, 2.75) is 32.2 Å². The zero-order chi connectivity index (χ0) is 15.2. The molecule has 1 aromatic rings. The van der Waals surface area contributed by atoms with Crippen molar-refractivity contribution in [3.05, 3.63) is 23.8 Å². The highest BCUT2D eigenvalue weighted by molar-refractivity contribution is 5.40. The Hall–Kier alpha value is -1.26. The third-order valence-electron chi connectivity index (χ3n) is 4.55. The molecule has 0 saturated carbocycles. The van der Waals surface area contributed by atoms with E-state index in [0.717, 1.165) is 30.5 Å². The van der Waals surface area contributed by atoms with Gasteiger partial charge in [0.2, 0.25) is 0 Å². The fraction of sp³-hybridized carbons (Fsp3) is 0.647. The van der Waals surface area contributed by atoms with E-state index in [-0.39, 0.29) is 6.04 Å². The number of piperidine rings is 1. The SMILES string of the molecule is CCC1CCCN(C(CN)c2cc(OC)cc(OC)c2)C1. The van der Waals surface area contributed by atoms with Crippen molar-refractivity contribution < 1.29 is 9.47 Å². The highest BCUT2D eigenvalue weighted by atomic mass is 16.5. The lowest BCUT2D eigenvalue weighted by Gasteiger charge is -2.38. The summed E-state index contributed by atoms with van der Waals surface area (Å²) in [5, 5.41) is 0. The molecule has 4 heteroatoms. The Balaban J connectivity index is 2.23. The second-order valence-corrected chi connectivity index (χ2v) is 5.81. The van der Waals surface area contributed by atoms with Crippen LogP contribution in [0.15, 0.2) is 18.2 Å². The van der Waals surface area contributed by atoms with Crippen LogP contribution in [0.4, 0.5) is 0 Å². The normalized spacial score (nSPS) is 21.0. The summed E-state index contributed by atoms with van der Waals surface area (Å²) in [6.45, 7) is 5.16. The number of ether oxygens (including phenoxy) is 2. The monoisotopic (exact) mass is 292 g/mol. The van der Waals surface area contributed by atoms with Gasteiger partial charge >= 0.3 is 0 Å². The minimum Gasteiger partial charge on any atom is -0.497 e. The number of nitrogens with two attached hydrogens (primary N) is 1. The van der Waals surface area contributed by atoms with Crippen LogP contribution >= 0.6 is 0 Å².